The molecule has 0 aliphatic heterocycles. The van der Waals surface area contributed by atoms with Crippen molar-refractivity contribution in [3.8, 4) is 0 Å². The van der Waals surface area contributed by atoms with Crippen LogP contribution in [0, 0.1) is 13.8 Å². The maximum Gasteiger partial charge on any atom is 0.0628 e. The summed E-state index contributed by atoms with van der Waals surface area (Å²) in [5.41, 5.74) is 6.70. The molecule has 1 atom stereocenters. The molecule has 1 heterocycles. The van der Waals surface area contributed by atoms with E-state index in [9.17, 15) is 0 Å². The van der Waals surface area contributed by atoms with Gasteiger partial charge in [0.15, 0.2) is 0 Å². The van der Waals surface area contributed by atoms with Crippen molar-refractivity contribution >= 4 is 0 Å². The summed E-state index contributed by atoms with van der Waals surface area (Å²) in [5.74, 6) is 5.69. The topological polar surface area (TPSA) is 55.9 Å². The smallest absolute Gasteiger partial charge is 0.0628 e. The molecule has 1 rings (SSSR count). The van der Waals surface area contributed by atoms with E-state index >= 15 is 0 Å². The molecule has 4 heteroatoms. The van der Waals surface area contributed by atoms with E-state index in [1.54, 1.807) is 0 Å². The monoisotopic (exact) mass is 266 g/mol. The fourth-order valence-corrected chi connectivity index (χ4v) is 2.60. The van der Waals surface area contributed by atoms with Crippen molar-refractivity contribution in [1.29, 1.82) is 0 Å². The Morgan fingerprint density at radius 1 is 1.21 bits per heavy atom. The molecule has 3 N–H and O–H groups in total. The van der Waals surface area contributed by atoms with Gasteiger partial charge in [0.1, 0.15) is 0 Å². The summed E-state index contributed by atoms with van der Waals surface area (Å²) in [7, 11) is 2.00. The minimum Gasteiger partial charge on any atom is -0.272 e. The Hall–Kier alpha value is -0.870. The maximum atomic E-state index is 5.69. The van der Waals surface area contributed by atoms with Gasteiger partial charge in [-0.15, -0.1) is 0 Å². The molecule has 0 fully saturated rings. The van der Waals surface area contributed by atoms with Gasteiger partial charge < -0.3 is 0 Å². The molecule has 1 unspecified atom stereocenters. The minimum absolute atomic E-state index is 0.364. The minimum atomic E-state index is 0.364. The molecule has 0 saturated carbocycles. The van der Waals surface area contributed by atoms with E-state index in [0.29, 0.717) is 6.04 Å². The summed E-state index contributed by atoms with van der Waals surface area (Å²) in [4.78, 5) is 0. The summed E-state index contributed by atoms with van der Waals surface area (Å²) >= 11 is 0. The van der Waals surface area contributed by atoms with Crippen molar-refractivity contribution in [1.82, 2.24) is 15.2 Å². The van der Waals surface area contributed by atoms with Crippen LogP contribution in [-0.4, -0.2) is 15.8 Å². The third-order valence-electron chi connectivity index (χ3n) is 4.00. The fourth-order valence-electron chi connectivity index (χ4n) is 2.60. The van der Waals surface area contributed by atoms with Gasteiger partial charge >= 0.3 is 0 Å². The average Bonchev–Trinajstić information content (AvgIpc) is 2.63. The van der Waals surface area contributed by atoms with Crippen LogP contribution in [0.15, 0.2) is 0 Å². The molecular weight excluding hydrogens is 236 g/mol. The molecular formula is C15H30N4. The predicted octanol–water partition coefficient (Wildman–Crippen LogP) is 2.77. The zero-order valence-corrected chi connectivity index (χ0v) is 13.0. The van der Waals surface area contributed by atoms with Crippen LogP contribution in [0.25, 0.3) is 0 Å². The molecule has 1 aromatic rings. The summed E-state index contributed by atoms with van der Waals surface area (Å²) in [6.07, 6.45) is 8.70. The number of nitrogens with two attached hydrogens (primary N) is 1. The van der Waals surface area contributed by atoms with Crippen LogP contribution in [0.3, 0.4) is 0 Å². The molecule has 19 heavy (non-hydrogen) atoms. The van der Waals surface area contributed by atoms with Gasteiger partial charge in [-0.3, -0.25) is 16.0 Å². The van der Waals surface area contributed by atoms with Gasteiger partial charge in [-0.2, -0.15) is 5.10 Å². The molecule has 0 bridgehead atoms. The Morgan fingerprint density at radius 2 is 1.89 bits per heavy atom. The lowest BCUT2D eigenvalue weighted by Crippen LogP contribution is -2.37. The Labute approximate surface area is 117 Å². The highest BCUT2D eigenvalue weighted by Crippen LogP contribution is 2.16. The molecule has 0 radical (unpaired) electrons. The van der Waals surface area contributed by atoms with Crippen LogP contribution in [0.1, 0.15) is 62.4 Å². The van der Waals surface area contributed by atoms with Gasteiger partial charge in [-0.25, -0.2) is 0 Å². The molecule has 0 aliphatic carbocycles. The van der Waals surface area contributed by atoms with Crippen molar-refractivity contribution < 1.29 is 0 Å². The van der Waals surface area contributed by atoms with Crippen LogP contribution in [0.4, 0.5) is 0 Å². The molecule has 0 saturated heterocycles. The van der Waals surface area contributed by atoms with Crippen molar-refractivity contribution in [2.45, 2.75) is 71.8 Å². The number of hydrogen-bond acceptors (Lipinski definition) is 3. The molecule has 1 aromatic heterocycles. The van der Waals surface area contributed by atoms with E-state index in [-0.39, 0.29) is 0 Å². The number of aromatic nitrogens is 2. The Kier molecular flexibility index (Phi) is 7.10. The SMILES string of the molecule is CCCCCCCC(Cc1c(C)nn(C)c1C)NN. The quantitative estimate of drug-likeness (QED) is 0.410. The van der Waals surface area contributed by atoms with E-state index in [0.717, 1.165) is 18.5 Å². The van der Waals surface area contributed by atoms with Gasteiger partial charge in [0.25, 0.3) is 0 Å². The number of nitrogens with zero attached hydrogens (tertiary/aromatic N) is 2. The first-order valence-electron chi connectivity index (χ1n) is 7.55. The lowest BCUT2D eigenvalue weighted by atomic mass is 9.99. The standard InChI is InChI=1S/C15H30N4/c1-5-6-7-8-9-10-14(17-16)11-15-12(2)18-19(4)13(15)3/h14,17H,5-11,16H2,1-4H3. The summed E-state index contributed by atoms with van der Waals surface area (Å²) < 4.78 is 1.96. The van der Waals surface area contributed by atoms with Crippen molar-refractivity contribution in [3.05, 3.63) is 17.0 Å². The third kappa shape index (κ3) is 4.96. The van der Waals surface area contributed by atoms with Crippen molar-refractivity contribution in [2.75, 3.05) is 0 Å². The van der Waals surface area contributed by atoms with Gasteiger partial charge in [0.05, 0.1) is 5.69 Å². The second-order valence-corrected chi connectivity index (χ2v) is 5.54. The molecule has 0 spiro atoms. The van der Waals surface area contributed by atoms with E-state index in [4.69, 9.17) is 5.84 Å². The van der Waals surface area contributed by atoms with Crippen LogP contribution in [0.2, 0.25) is 0 Å². The second kappa shape index (κ2) is 8.33. The van der Waals surface area contributed by atoms with E-state index in [1.807, 2.05) is 11.7 Å². The largest absolute Gasteiger partial charge is 0.272 e. The van der Waals surface area contributed by atoms with Gasteiger partial charge in [-0.05, 0) is 32.3 Å². The Morgan fingerprint density at radius 3 is 2.42 bits per heavy atom. The van der Waals surface area contributed by atoms with E-state index in [2.05, 4.69) is 31.3 Å². The summed E-state index contributed by atoms with van der Waals surface area (Å²) in [6, 6.07) is 0.364. The maximum absolute atomic E-state index is 5.69. The lowest BCUT2D eigenvalue weighted by molar-refractivity contribution is 0.459. The van der Waals surface area contributed by atoms with Crippen molar-refractivity contribution in [2.24, 2.45) is 12.9 Å². The lowest BCUT2D eigenvalue weighted by Gasteiger charge is -2.16. The normalized spacial score (nSPS) is 12.9. The first-order chi connectivity index (χ1) is 9.10. The summed E-state index contributed by atoms with van der Waals surface area (Å²) in [6.45, 7) is 6.46. The number of hydrogen-bond donors (Lipinski definition) is 2. The van der Waals surface area contributed by atoms with Gasteiger partial charge in [0.2, 0.25) is 0 Å². The third-order valence-corrected chi connectivity index (χ3v) is 4.00. The van der Waals surface area contributed by atoms with E-state index < -0.39 is 0 Å². The Bertz CT molecular complexity index is 370. The number of hydrazine groups is 1. The highest BCUT2D eigenvalue weighted by Gasteiger charge is 2.14. The zero-order chi connectivity index (χ0) is 14.3. The van der Waals surface area contributed by atoms with Gasteiger partial charge in [0, 0.05) is 18.8 Å². The number of unbranched alkanes of at least 4 members (excludes halogenated alkanes) is 4. The molecule has 0 aliphatic rings. The van der Waals surface area contributed by atoms with E-state index in [1.165, 1.54) is 43.4 Å². The van der Waals surface area contributed by atoms with Crippen LogP contribution in [-0.2, 0) is 13.5 Å². The number of aryl methyl sites for hydroxylation is 2. The first kappa shape index (κ1) is 16.2. The van der Waals surface area contributed by atoms with Crippen LogP contribution < -0.4 is 11.3 Å². The molecule has 0 aromatic carbocycles. The number of rotatable bonds is 9. The molecule has 0 amide bonds. The van der Waals surface area contributed by atoms with Crippen molar-refractivity contribution in [3.63, 3.8) is 0 Å². The average molecular weight is 266 g/mol. The fraction of sp³-hybridized carbons (Fsp3) is 0.800. The predicted molar refractivity (Wildman–Crippen MR) is 80.9 cm³/mol. The van der Waals surface area contributed by atoms with Crippen LogP contribution >= 0.6 is 0 Å². The van der Waals surface area contributed by atoms with Gasteiger partial charge in [-0.1, -0.05) is 39.0 Å². The highest BCUT2D eigenvalue weighted by molar-refractivity contribution is 5.25. The zero-order valence-electron chi connectivity index (χ0n) is 13.0. The highest BCUT2D eigenvalue weighted by atomic mass is 15.3. The number of nitrogens with one attached hydrogen (secondary N) is 1. The molecule has 110 valence electrons. The summed E-state index contributed by atoms with van der Waals surface area (Å²) in [5, 5.41) is 4.47. The molecule has 4 nitrogen and oxygen atoms in total. The Balaban J connectivity index is 2.43. The van der Waals surface area contributed by atoms with Crippen LogP contribution in [0.5, 0.6) is 0 Å². The second-order valence-electron chi connectivity index (χ2n) is 5.54. The first-order valence-corrected chi connectivity index (χ1v) is 7.55.